The molecule has 0 aliphatic carbocycles. The van der Waals surface area contributed by atoms with Gasteiger partial charge in [-0.05, 0) is 31.4 Å². The molecule has 1 saturated heterocycles. The molecule has 19 heavy (non-hydrogen) atoms. The number of nitro groups is 1. The molecule has 0 spiro atoms. The van der Waals surface area contributed by atoms with Gasteiger partial charge in [0.15, 0.2) is 4.90 Å². The van der Waals surface area contributed by atoms with Gasteiger partial charge in [0.05, 0.1) is 4.92 Å². The fraction of sp³-hybridized carbons (Fsp3) is 0.500. The van der Waals surface area contributed by atoms with Gasteiger partial charge in [-0.1, -0.05) is 12.5 Å². The van der Waals surface area contributed by atoms with Crippen molar-refractivity contribution in [1.29, 1.82) is 0 Å². The molecule has 1 aromatic carbocycles. The van der Waals surface area contributed by atoms with E-state index in [-0.39, 0.29) is 10.6 Å². The summed E-state index contributed by atoms with van der Waals surface area (Å²) in [6.07, 6.45) is 2.61. The molecule has 7 heteroatoms. The van der Waals surface area contributed by atoms with E-state index in [1.54, 1.807) is 13.0 Å². The molecule has 0 N–H and O–H groups in total. The molecule has 0 saturated carbocycles. The lowest BCUT2D eigenvalue weighted by Gasteiger charge is -2.25. The summed E-state index contributed by atoms with van der Waals surface area (Å²) in [5.74, 6) is 0. The number of benzene rings is 1. The topological polar surface area (TPSA) is 80.5 Å². The van der Waals surface area contributed by atoms with Crippen molar-refractivity contribution >= 4 is 15.7 Å². The van der Waals surface area contributed by atoms with Gasteiger partial charge < -0.3 is 0 Å². The van der Waals surface area contributed by atoms with Crippen molar-refractivity contribution in [3.05, 3.63) is 33.9 Å². The molecule has 104 valence electrons. The molecule has 1 aromatic rings. The molecular weight excluding hydrogens is 268 g/mol. The van der Waals surface area contributed by atoms with Crippen LogP contribution in [0.2, 0.25) is 0 Å². The highest BCUT2D eigenvalue weighted by atomic mass is 32.2. The maximum atomic E-state index is 12.4. The Labute approximate surface area is 112 Å². The predicted molar refractivity (Wildman–Crippen MR) is 70.4 cm³/mol. The molecule has 1 aliphatic heterocycles. The van der Waals surface area contributed by atoms with Crippen molar-refractivity contribution in [3.8, 4) is 0 Å². The van der Waals surface area contributed by atoms with E-state index in [0.29, 0.717) is 18.7 Å². The smallest absolute Gasteiger partial charge is 0.258 e. The number of piperidine rings is 1. The average molecular weight is 284 g/mol. The van der Waals surface area contributed by atoms with Crippen LogP contribution in [0.15, 0.2) is 23.1 Å². The van der Waals surface area contributed by atoms with Crippen molar-refractivity contribution < 1.29 is 13.3 Å². The Bertz CT molecular complexity index is 592. The van der Waals surface area contributed by atoms with Crippen LogP contribution in [0, 0.1) is 17.0 Å². The third-order valence-electron chi connectivity index (χ3n) is 3.24. The van der Waals surface area contributed by atoms with Crippen LogP contribution < -0.4 is 0 Å². The lowest BCUT2D eigenvalue weighted by atomic mass is 10.2. The number of sulfonamides is 1. The molecule has 2 rings (SSSR count). The van der Waals surface area contributed by atoms with Gasteiger partial charge in [-0.25, -0.2) is 8.42 Å². The first kappa shape index (κ1) is 14.0. The van der Waals surface area contributed by atoms with Gasteiger partial charge in [0, 0.05) is 19.2 Å². The molecule has 1 aliphatic rings. The minimum Gasteiger partial charge on any atom is -0.258 e. The number of aryl methyl sites for hydroxylation is 1. The van der Waals surface area contributed by atoms with Crippen LogP contribution in [0.5, 0.6) is 0 Å². The van der Waals surface area contributed by atoms with Crippen LogP contribution >= 0.6 is 0 Å². The first-order chi connectivity index (χ1) is 8.93. The molecule has 6 nitrogen and oxygen atoms in total. The van der Waals surface area contributed by atoms with E-state index in [1.165, 1.54) is 16.4 Å². The molecule has 0 atom stereocenters. The molecule has 0 aromatic heterocycles. The van der Waals surface area contributed by atoms with E-state index in [4.69, 9.17) is 0 Å². The zero-order valence-electron chi connectivity index (χ0n) is 10.7. The Hall–Kier alpha value is -1.47. The summed E-state index contributed by atoms with van der Waals surface area (Å²) in [6.45, 7) is 2.57. The van der Waals surface area contributed by atoms with E-state index < -0.39 is 14.9 Å². The van der Waals surface area contributed by atoms with E-state index in [9.17, 15) is 18.5 Å². The van der Waals surface area contributed by atoms with E-state index in [2.05, 4.69) is 0 Å². The zero-order chi connectivity index (χ0) is 14.0. The summed E-state index contributed by atoms with van der Waals surface area (Å²) < 4.78 is 26.2. The molecule has 0 amide bonds. The largest absolute Gasteiger partial charge is 0.289 e. The third kappa shape index (κ3) is 2.76. The summed E-state index contributed by atoms with van der Waals surface area (Å²) in [5, 5.41) is 11.0. The highest BCUT2D eigenvalue weighted by molar-refractivity contribution is 7.89. The van der Waals surface area contributed by atoms with Crippen molar-refractivity contribution in [2.75, 3.05) is 13.1 Å². The third-order valence-corrected chi connectivity index (χ3v) is 5.19. The quantitative estimate of drug-likeness (QED) is 0.628. The number of nitrogens with zero attached hydrogens (tertiary/aromatic N) is 2. The molecule has 0 radical (unpaired) electrons. The number of hydrogen-bond acceptors (Lipinski definition) is 4. The number of rotatable bonds is 3. The van der Waals surface area contributed by atoms with Crippen molar-refractivity contribution in [2.45, 2.75) is 31.1 Å². The van der Waals surface area contributed by atoms with Gasteiger partial charge in [-0.15, -0.1) is 0 Å². The number of hydrogen-bond donors (Lipinski definition) is 0. The lowest BCUT2D eigenvalue weighted by Crippen LogP contribution is -2.35. The Morgan fingerprint density at radius 1 is 1.21 bits per heavy atom. The second-order valence-corrected chi connectivity index (χ2v) is 6.60. The van der Waals surface area contributed by atoms with Crippen LogP contribution in [0.25, 0.3) is 0 Å². The Balaban J connectivity index is 2.48. The fourth-order valence-corrected chi connectivity index (χ4v) is 3.89. The summed E-state index contributed by atoms with van der Waals surface area (Å²) in [6, 6.07) is 4.22. The van der Waals surface area contributed by atoms with Gasteiger partial charge >= 0.3 is 0 Å². The second kappa shape index (κ2) is 5.26. The minimum atomic E-state index is -3.76. The molecular formula is C12H16N2O4S. The standard InChI is InChI=1S/C12H16N2O4S/c1-10-5-6-12(11(9-10)14(15)16)19(17,18)13-7-3-2-4-8-13/h5-6,9H,2-4,7-8H2,1H3. The highest BCUT2D eigenvalue weighted by Gasteiger charge is 2.32. The van der Waals surface area contributed by atoms with E-state index in [0.717, 1.165) is 19.3 Å². The normalized spacial score (nSPS) is 17.3. The van der Waals surface area contributed by atoms with Crippen LogP contribution in [-0.4, -0.2) is 30.7 Å². The summed E-state index contributed by atoms with van der Waals surface area (Å²) in [7, 11) is -3.76. The van der Waals surface area contributed by atoms with Crippen molar-refractivity contribution in [2.24, 2.45) is 0 Å². The Morgan fingerprint density at radius 2 is 1.84 bits per heavy atom. The Morgan fingerprint density at radius 3 is 2.42 bits per heavy atom. The summed E-state index contributed by atoms with van der Waals surface area (Å²) >= 11 is 0. The van der Waals surface area contributed by atoms with Crippen LogP contribution in [0.3, 0.4) is 0 Å². The Kier molecular flexibility index (Phi) is 3.86. The second-order valence-electron chi connectivity index (χ2n) is 4.69. The fourth-order valence-electron chi connectivity index (χ4n) is 2.23. The maximum absolute atomic E-state index is 12.4. The molecule has 1 heterocycles. The zero-order valence-corrected chi connectivity index (χ0v) is 11.5. The first-order valence-electron chi connectivity index (χ1n) is 6.18. The van der Waals surface area contributed by atoms with E-state index in [1.807, 2.05) is 0 Å². The molecule has 1 fully saturated rings. The minimum absolute atomic E-state index is 0.204. The lowest BCUT2D eigenvalue weighted by molar-refractivity contribution is -0.387. The molecule has 0 bridgehead atoms. The summed E-state index contributed by atoms with van der Waals surface area (Å²) in [5.41, 5.74) is 0.329. The van der Waals surface area contributed by atoms with Crippen LogP contribution in [-0.2, 0) is 10.0 Å². The van der Waals surface area contributed by atoms with Gasteiger partial charge in [0.1, 0.15) is 0 Å². The monoisotopic (exact) mass is 284 g/mol. The summed E-state index contributed by atoms with van der Waals surface area (Å²) in [4.78, 5) is 10.2. The van der Waals surface area contributed by atoms with Gasteiger partial charge in [0.25, 0.3) is 5.69 Å². The maximum Gasteiger partial charge on any atom is 0.289 e. The first-order valence-corrected chi connectivity index (χ1v) is 7.62. The van der Waals surface area contributed by atoms with Crippen molar-refractivity contribution in [1.82, 2.24) is 4.31 Å². The van der Waals surface area contributed by atoms with Crippen LogP contribution in [0.1, 0.15) is 24.8 Å². The van der Waals surface area contributed by atoms with Crippen LogP contribution in [0.4, 0.5) is 5.69 Å². The van der Waals surface area contributed by atoms with Gasteiger partial charge in [-0.2, -0.15) is 4.31 Å². The van der Waals surface area contributed by atoms with Gasteiger partial charge in [0.2, 0.25) is 10.0 Å². The van der Waals surface area contributed by atoms with Gasteiger partial charge in [-0.3, -0.25) is 10.1 Å². The molecule has 0 unspecified atom stereocenters. The predicted octanol–water partition coefficient (Wildman–Crippen LogP) is 2.08. The van der Waals surface area contributed by atoms with E-state index >= 15 is 0 Å². The highest BCUT2D eigenvalue weighted by Crippen LogP contribution is 2.29. The SMILES string of the molecule is Cc1ccc(S(=O)(=O)N2CCCCC2)c([N+](=O)[O-])c1. The van der Waals surface area contributed by atoms with Crippen molar-refractivity contribution in [3.63, 3.8) is 0 Å². The average Bonchev–Trinajstić information content (AvgIpc) is 2.39. The number of nitro benzene ring substituents is 1.